The summed E-state index contributed by atoms with van der Waals surface area (Å²) < 4.78 is 0. The van der Waals surface area contributed by atoms with Gasteiger partial charge in [0.15, 0.2) is 5.16 Å². The van der Waals surface area contributed by atoms with Gasteiger partial charge in [-0.15, -0.1) is 0 Å². The number of hydrogen-bond donors (Lipinski definition) is 2. The Morgan fingerprint density at radius 1 is 1.24 bits per heavy atom. The van der Waals surface area contributed by atoms with Crippen molar-refractivity contribution >= 4 is 11.8 Å². The summed E-state index contributed by atoms with van der Waals surface area (Å²) >= 11 is 1.56. The van der Waals surface area contributed by atoms with E-state index in [9.17, 15) is 5.11 Å². The first-order valence-corrected chi connectivity index (χ1v) is 6.71. The molecule has 17 heavy (non-hydrogen) atoms. The van der Waals surface area contributed by atoms with Crippen LogP contribution >= 0.6 is 11.8 Å². The maximum absolute atomic E-state index is 9.78. The van der Waals surface area contributed by atoms with E-state index in [0.29, 0.717) is 6.42 Å². The Kier molecular flexibility index (Phi) is 4.91. The summed E-state index contributed by atoms with van der Waals surface area (Å²) in [6, 6.07) is 0. The summed E-state index contributed by atoms with van der Waals surface area (Å²) in [7, 11) is 0. The average Bonchev–Trinajstić information content (AvgIpc) is 2.25. The van der Waals surface area contributed by atoms with E-state index in [1.54, 1.807) is 18.7 Å². The van der Waals surface area contributed by atoms with E-state index in [-0.39, 0.29) is 6.54 Å². The molecule has 0 aliphatic rings. The van der Waals surface area contributed by atoms with Gasteiger partial charge in [0.25, 0.3) is 0 Å². The Morgan fingerprint density at radius 2 is 1.76 bits per heavy atom. The van der Waals surface area contributed by atoms with Crippen molar-refractivity contribution in [2.24, 2.45) is 5.73 Å². The number of aliphatic hydroxyl groups is 1. The summed E-state index contributed by atoms with van der Waals surface area (Å²) in [6.45, 7) is 8.03. The molecule has 0 saturated carbocycles. The van der Waals surface area contributed by atoms with Gasteiger partial charge in [0.2, 0.25) is 0 Å². The number of aryl methyl sites for hydroxylation is 2. The summed E-state index contributed by atoms with van der Waals surface area (Å²) in [5, 5.41) is 10.6. The van der Waals surface area contributed by atoms with Crippen molar-refractivity contribution in [3.63, 3.8) is 0 Å². The molecule has 0 spiro atoms. The molecule has 0 bridgehead atoms. The molecule has 1 aromatic rings. The standard InChI is InChI=1S/C12H21N3OS/c1-8-9(2)14-11(15-10(8)3)17-6-5-12(4,16)7-13/h16H,5-7,13H2,1-4H3. The zero-order valence-corrected chi connectivity index (χ0v) is 11.8. The molecule has 1 atom stereocenters. The third-order valence-corrected chi connectivity index (χ3v) is 3.77. The van der Waals surface area contributed by atoms with Gasteiger partial charge in [-0.25, -0.2) is 9.97 Å². The van der Waals surface area contributed by atoms with Crippen LogP contribution < -0.4 is 5.73 Å². The summed E-state index contributed by atoms with van der Waals surface area (Å²) in [4.78, 5) is 8.84. The van der Waals surface area contributed by atoms with E-state index < -0.39 is 5.60 Å². The number of rotatable bonds is 5. The predicted octanol–water partition coefficient (Wildman–Crippen LogP) is 1.59. The Balaban J connectivity index is 2.59. The van der Waals surface area contributed by atoms with Gasteiger partial charge in [-0.05, 0) is 39.7 Å². The minimum Gasteiger partial charge on any atom is -0.389 e. The smallest absolute Gasteiger partial charge is 0.187 e. The molecule has 0 aliphatic heterocycles. The van der Waals surface area contributed by atoms with Gasteiger partial charge in [-0.3, -0.25) is 0 Å². The summed E-state index contributed by atoms with van der Waals surface area (Å²) in [5.74, 6) is 0.770. The Labute approximate surface area is 107 Å². The van der Waals surface area contributed by atoms with Crippen molar-refractivity contribution in [1.82, 2.24) is 9.97 Å². The first-order valence-electron chi connectivity index (χ1n) is 5.73. The second-order valence-corrected chi connectivity index (χ2v) is 5.66. The van der Waals surface area contributed by atoms with Crippen molar-refractivity contribution in [3.05, 3.63) is 17.0 Å². The highest BCUT2D eigenvalue weighted by Crippen LogP contribution is 2.20. The number of thioether (sulfide) groups is 1. The maximum atomic E-state index is 9.78. The number of hydrogen-bond acceptors (Lipinski definition) is 5. The van der Waals surface area contributed by atoms with Crippen LogP contribution in [-0.4, -0.2) is 33.0 Å². The lowest BCUT2D eigenvalue weighted by atomic mass is 10.1. The second kappa shape index (κ2) is 5.80. The Bertz CT molecular complexity index is 370. The number of aromatic nitrogens is 2. The predicted molar refractivity (Wildman–Crippen MR) is 71.3 cm³/mol. The number of nitrogens with zero attached hydrogens (tertiary/aromatic N) is 2. The fraction of sp³-hybridized carbons (Fsp3) is 0.667. The minimum atomic E-state index is -0.790. The van der Waals surface area contributed by atoms with E-state index in [1.165, 1.54) is 0 Å². The molecule has 1 aromatic heterocycles. The SMILES string of the molecule is Cc1nc(SCCC(C)(O)CN)nc(C)c1C. The fourth-order valence-corrected chi connectivity index (χ4v) is 2.40. The molecule has 3 N–H and O–H groups in total. The van der Waals surface area contributed by atoms with Crippen LogP contribution in [-0.2, 0) is 0 Å². The topological polar surface area (TPSA) is 72.0 Å². The van der Waals surface area contributed by atoms with Crippen LogP contribution in [0.25, 0.3) is 0 Å². The quantitative estimate of drug-likeness (QED) is 0.617. The van der Waals surface area contributed by atoms with E-state index in [4.69, 9.17) is 5.73 Å². The molecule has 1 unspecified atom stereocenters. The van der Waals surface area contributed by atoms with E-state index in [2.05, 4.69) is 9.97 Å². The van der Waals surface area contributed by atoms with E-state index >= 15 is 0 Å². The van der Waals surface area contributed by atoms with Gasteiger partial charge in [0.05, 0.1) is 5.60 Å². The van der Waals surface area contributed by atoms with Crippen LogP contribution in [0.4, 0.5) is 0 Å². The molecular formula is C12H21N3OS. The molecule has 4 nitrogen and oxygen atoms in total. The molecule has 1 rings (SSSR count). The molecule has 0 radical (unpaired) electrons. The molecule has 1 heterocycles. The van der Waals surface area contributed by atoms with Crippen molar-refractivity contribution in [2.45, 2.75) is 44.9 Å². The highest BCUT2D eigenvalue weighted by molar-refractivity contribution is 7.99. The largest absolute Gasteiger partial charge is 0.389 e. The molecule has 0 amide bonds. The third-order valence-electron chi connectivity index (χ3n) is 2.92. The van der Waals surface area contributed by atoms with Gasteiger partial charge >= 0.3 is 0 Å². The van der Waals surface area contributed by atoms with Gasteiger partial charge in [-0.1, -0.05) is 11.8 Å². The zero-order chi connectivity index (χ0) is 13.1. The van der Waals surface area contributed by atoms with Crippen molar-refractivity contribution < 1.29 is 5.11 Å². The lowest BCUT2D eigenvalue weighted by Gasteiger charge is -2.20. The summed E-state index contributed by atoms with van der Waals surface area (Å²) in [6.07, 6.45) is 0.642. The van der Waals surface area contributed by atoms with E-state index in [0.717, 1.165) is 27.9 Å². The number of nitrogens with two attached hydrogens (primary N) is 1. The van der Waals surface area contributed by atoms with Crippen LogP contribution in [0.15, 0.2) is 5.16 Å². The molecule has 0 aliphatic carbocycles. The normalized spacial score (nSPS) is 14.7. The van der Waals surface area contributed by atoms with Gasteiger partial charge in [0.1, 0.15) is 0 Å². The monoisotopic (exact) mass is 255 g/mol. The lowest BCUT2D eigenvalue weighted by molar-refractivity contribution is 0.0665. The highest BCUT2D eigenvalue weighted by Gasteiger charge is 2.17. The average molecular weight is 255 g/mol. The van der Waals surface area contributed by atoms with E-state index in [1.807, 2.05) is 20.8 Å². The molecule has 5 heteroatoms. The van der Waals surface area contributed by atoms with Crippen LogP contribution in [0.3, 0.4) is 0 Å². The second-order valence-electron chi connectivity index (χ2n) is 4.60. The van der Waals surface area contributed by atoms with Gasteiger partial charge in [0, 0.05) is 23.7 Å². The Morgan fingerprint density at radius 3 is 2.24 bits per heavy atom. The minimum absolute atomic E-state index is 0.278. The van der Waals surface area contributed by atoms with Crippen LogP contribution in [0.5, 0.6) is 0 Å². The zero-order valence-electron chi connectivity index (χ0n) is 10.9. The maximum Gasteiger partial charge on any atom is 0.187 e. The molecule has 96 valence electrons. The lowest BCUT2D eigenvalue weighted by Crippen LogP contribution is -2.34. The van der Waals surface area contributed by atoms with Crippen molar-refractivity contribution in [3.8, 4) is 0 Å². The molecule has 0 fully saturated rings. The molecule has 0 saturated heterocycles. The third kappa shape index (κ3) is 4.26. The summed E-state index contributed by atoms with van der Waals surface area (Å²) in [5.41, 5.74) is 7.85. The van der Waals surface area contributed by atoms with Crippen LogP contribution in [0, 0.1) is 20.8 Å². The van der Waals surface area contributed by atoms with Gasteiger partial charge < -0.3 is 10.8 Å². The fourth-order valence-electron chi connectivity index (χ4n) is 1.27. The highest BCUT2D eigenvalue weighted by atomic mass is 32.2. The van der Waals surface area contributed by atoms with Crippen LogP contribution in [0.2, 0.25) is 0 Å². The van der Waals surface area contributed by atoms with Crippen LogP contribution in [0.1, 0.15) is 30.3 Å². The van der Waals surface area contributed by atoms with Crippen molar-refractivity contribution in [1.29, 1.82) is 0 Å². The van der Waals surface area contributed by atoms with Crippen molar-refractivity contribution in [2.75, 3.05) is 12.3 Å². The molecule has 0 aromatic carbocycles. The Hall–Kier alpha value is -0.650. The first-order chi connectivity index (χ1) is 7.85. The molecular weight excluding hydrogens is 234 g/mol. The first kappa shape index (κ1) is 14.4. The van der Waals surface area contributed by atoms with Gasteiger partial charge in [-0.2, -0.15) is 0 Å².